The molecule has 2 aliphatic heterocycles. The van der Waals surface area contributed by atoms with Gasteiger partial charge >= 0.3 is 5.97 Å². The van der Waals surface area contributed by atoms with Gasteiger partial charge in [-0.05, 0) is 37.1 Å². The van der Waals surface area contributed by atoms with E-state index in [4.69, 9.17) is 0 Å². The highest BCUT2D eigenvalue weighted by atomic mass is 16.4. The summed E-state index contributed by atoms with van der Waals surface area (Å²) in [7, 11) is 0. The highest BCUT2D eigenvalue weighted by molar-refractivity contribution is 6.10. The monoisotopic (exact) mass is 636 g/mol. The van der Waals surface area contributed by atoms with Gasteiger partial charge in [0.1, 0.15) is 35.6 Å². The van der Waals surface area contributed by atoms with Gasteiger partial charge in [-0.1, -0.05) is 64.1 Å². The van der Waals surface area contributed by atoms with Crippen molar-refractivity contribution in [3.8, 4) is 0 Å². The number of carbonyl (C=O) groups excluding carboxylic acids is 3. The number of Topliss-reactive ketones (excluding diaryl/α,β-unsaturated/α-hetero) is 1. The van der Waals surface area contributed by atoms with Gasteiger partial charge in [-0.15, -0.1) is 0 Å². The third kappa shape index (κ3) is 6.24. The summed E-state index contributed by atoms with van der Waals surface area (Å²) >= 11 is 0. The third-order valence-electron chi connectivity index (χ3n) is 7.94. The number of aliphatic hydroxyl groups is 1. The number of nitrogens with zero attached hydrogens (tertiary/aromatic N) is 6. The lowest BCUT2D eigenvalue weighted by molar-refractivity contribution is -0.117. The Bertz CT molecular complexity index is 1920. The second-order valence-corrected chi connectivity index (χ2v) is 12.0. The summed E-state index contributed by atoms with van der Waals surface area (Å²) < 4.78 is 0. The third-order valence-corrected chi connectivity index (χ3v) is 7.94. The standard InChI is InChI=1S/C18H19N3O3.C17H17N3O3/c1-10(2)17-19-16(14(23)9-22)12-8-15(24)21(18(12)20-17)13-7-5-4-6-11(13)3;1-9(2)15-18-14(17(22)23)11-8-13(21)20(16(11)19-15)12-7-5-4-6-10(12)3/h4-7,10,22H,8-9H2,1-3H3;4-7,9H,8H2,1-3H3,(H,22,23). The molecule has 0 unspecified atom stereocenters. The number of aromatic carboxylic acids is 1. The maximum atomic E-state index is 12.6. The van der Waals surface area contributed by atoms with Crippen LogP contribution in [0, 0.1) is 13.8 Å². The molecule has 47 heavy (non-hydrogen) atoms. The van der Waals surface area contributed by atoms with Gasteiger partial charge in [-0.2, -0.15) is 0 Å². The summed E-state index contributed by atoms with van der Waals surface area (Å²) in [5.74, 6) is -0.255. The average molecular weight is 637 g/mol. The molecule has 4 heterocycles. The molecular weight excluding hydrogens is 600 g/mol. The van der Waals surface area contributed by atoms with E-state index in [1.165, 1.54) is 4.90 Å². The van der Waals surface area contributed by atoms with Crippen LogP contribution in [0.25, 0.3) is 0 Å². The maximum absolute atomic E-state index is 12.6. The normalized spacial score (nSPS) is 13.6. The molecule has 2 aromatic carbocycles. The lowest BCUT2D eigenvalue weighted by Crippen LogP contribution is -2.22. The number of aromatic nitrogens is 4. The largest absolute Gasteiger partial charge is 0.476 e. The Balaban J connectivity index is 0.000000185. The number of carboxylic acids is 1. The lowest BCUT2D eigenvalue weighted by atomic mass is 10.1. The first-order valence-electron chi connectivity index (χ1n) is 15.3. The SMILES string of the molecule is Cc1ccccc1N1C(=O)Cc2c(C(=O)CO)nc(C(C)C)nc21.Cc1ccccc1N1C(=O)Cc2c(C(=O)O)nc(C(C)C)nc21. The van der Waals surface area contributed by atoms with E-state index in [-0.39, 0.29) is 47.9 Å². The minimum absolute atomic E-state index is 0.00365. The number of ketones is 1. The van der Waals surface area contributed by atoms with Gasteiger partial charge in [0, 0.05) is 23.0 Å². The van der Waals surface area contributed by atoms with Gasteiger partial charge in [0.2, 0.25) is 17.6 Å². The van der Waals surface area contributed by atoms with Gasteiger partial charge in [-0.3, -0.25) is 24.2 Å². The molecular formula is C35H36N6O6. The van der Waals surface area contributed by atoms with E-state index in [9.17, 15) is 29.4 Å². The fourth-order valence-electron chi connectivity index (χ4n) is 5.49. The van der Waals surface area contributed by atoms with Gasteiger partial charge in [0.15, 0.2) is 5.69 Å². The number of anilines is 4. The smallest absolute Gasteiger partial charge is 0.355 e. The van der Waals surface area contributed by atoms with Crippen LogP contribution in [0.3, 0.4) is 0 Å². The number of amides is 2. The maximum Gasteiger partial charge on any atom is 0.355 e. The van der Waals surface area contributed by atoms with Crippen molar-refractivity contribution in [3.05, 3.63) is 93.8 Å². The zero-order valence-corrected chi connectivity index (χ0v) is 27.1. The quantitative estimate of drug-likeness (QED) is 0.260. The van der Waals surface area contributed by atoms with Crippen molar-refractivity contribution in [1.82, 2.24) is 19.9 Å². The Hall–Kier alpha value is -5.36. The molecule has 242 valence electrons. The summed E-state index contributed by atoms with van der Waals surface area (Å²) in [5.41, 5.74) is 4.28. The first-order valence-corrected chi connectivity index (χ1v) is 15.3. The molecule has 6 rings (SSSR count). The fraction of sp³-hybridized carbons (Fsp3) is 0.314. The molecule has 0 saturated carbocycles. The van der Waals surface area contributed by atoms with Crippen LogP contribution in [-0.4, -0.2) is 60.3 Å². The van der Waals surface area contributed by atoms with E-state index in [1.54, 1.807) is 4.90 Å². The first kappa shape index (κ1) is 33.0. The van der Waals surface area contributed by atoms with Crippen LogP contribution in [0.5, 0.6) is 0 Å². The van der Waals surface area contributed by atoms with Crippen LogP contribution in [-0.2, 0) is 22.4 Å². The van der Waals surface area contributed by atoms with Gasteiger partial charge in [0.05, 0.1) is 24.2 Å². The zero-order chi connectivity index (χ0) is 34.2. The highest BCUT2D eigenvalue weighted by Crippen LogP contribution is 2.39. The molecule has 2 N–H and O–H groups in total. The van der Waals surface area contributed by atoms with E-state index in [0.717, 1.165) is 22.5 Å². The summed E-state index contributed by atoms with van der Waals surface area (Å²) in [6.07, 6.45) is 0.0623. The molecule has 0 aliphatic carbocycles. The predicted molar refractivity (Wildman–Crippen MR) is 175 cm³/mol. The second kappa shape index (κ2) is 13.2. The Kier molecular flexibility index (Phi) is 9.25. The van der Waals surface area contributed by atoms with Crippen molar-refractivity contribution in [2.24, 2.45) is 0 Å². The number of fused-ring (bicyclic) bond motifs is 2. The second-order valence-electron chi connectivity index (χ2n) is 12.0. The van der Waals surface area contributed by atoms with E-state index in [0.29, 0.717) is 34.4 Å². The minimum Gasteiger partial charge on any atom is -0.476 e. The lowest BCUT2D eigenvalue weighted by Gasteiger charge is -2.20. The Morgan fingerprint density at radius 3 is 1.49 bits per heavy atom. The number of aryl methyl sites for hydroxylation is 2. The number of rotatable bonds is 7. The Morgan fingerprint density at radius 2 is 1.11 bits per heavy atom. The first-order chi connectivity index (χ1) is 22.3. The topological polar surface area (TPSA) is 167 Å². The molecule has 0 radical (unpaired) electrons. The number of para-hydroxylation sites is 2. The van der Waals surface area contributed by atoms with Crippen LogP contribution < -0.4 is 9.80 Å². The highest BCUT2D eigenvalue weighted by Gasteiger charge is 2.37. The number of carboxylic acid groups (broad SMARTS) is 1. The number of hydrogen-bond donors (Lipinski definition) is 2. The number of benzene rings is 2. The van der Waals surface area contributed by atoms with E-state index in [1.807, 2.05) is 90.1 Å². The van der Waals surface area contributed by atoms with Crippen LogP contribution >= 0.6 is 0 Å². The van der Waals surface area contributed by atoms with Crippen LogP contribution in [0.2, 0.25) is 0 Å². The Labute approximate surface area is 272 Å². The molecule has 0 spiro atoms. The van der Waals surface area contributed by atoms with E-state index in [2.05, 4.69) is 19.9 Å². The van der Waals surface area contributed by atoms with Crippen molar-refractivity contribution in [2.75, 3.05) is 16.4 Å². The van der Waals surface area contributed by atoms with Crippen molar-refractivity contribution in [2.45, 2.75) is 66.2 Å². The van der Waals surface area contributed by atoms with E-state index >= 15 is 0 Å². The number of aliphatic hydroxyl groups excluding tert-OH is 1. The van der Waals surface area contributed by atoms with Crippen LogP contribution in [0.4, 0.5) is 23.0 Å². The number of carbonyl (C=O) groups is 4. The summed E-state index contributed by atoms with van der Waals surface area (Å²) in [5, 5.41) is 18.7. The van der Waals surface area contributed by atoms with Crippen molar-refractivity contribution < 1.29 is 29.4 Å². The number of hydrogen-bond acceptors (Lipinski definition) is 9. The van der Waals surface area contributed by atoms with Crippen molar-refractivity contribution in [3.63, 3.8) is 0 Å². The molecule has 2 aromatic heterocycles. The molecule has 12 heteroatoms. The fourth-order valence-corrected chi connectivity index (χ4v) is 5.49. The van der Waals surface area contributed by atoms with Crippen LogP contribution in [0.15, 0.2) is 48.5 Å². The van der Waals surface area contributed by atoms with Gasteiger partial charge in [-0.25, -0.2) is 24.7 Å². The molecule has 12 nitrogen and oxygen atoms in total. The van der Waals surface area contributed by atoms with Crippen molar-refractivity contribution >= 4 is 46.6 Å². The van der Waals surface area contributed by atoms with Gasteiger partial charge < -0.3 is 10.2 Å². The molecule has 0 fully saturated rings. The summed E-state index contributed by atoms with van der Waals surface area (Å²) in [6.45, 7) is 10.8. The van der Waals surface area contributed by atoms with Gasteiger partial charge in [0.25, 0.3) is 0 Å². The molecule has 0 bridgehead atoms. The minimum atomic E-state index is -1.13. The molecule has 2 amide bonds. The molecule has 2 aliphatic rings. The average Bonchev–Trinajstić information content (AvgIpc) is 3.55. The molecule has 0 atom stereocenters. The predicted octanol–water partition coefficient (Wildman–Crippen LogP) is 5.13. The van der Waals surface area contributed by atoms with Crippen molar-refractivity contribution in [1.29, 1.82) is 0 Å². The summed E-state index contributed by atoms with van der Waals surface area (Å²) in [6, 6.07) is 15.0. The Morgan fingerprint density at radius 1 is 0.702 bits per heavy atom. The zero-order valence-electron chi connectivity index (χ0n) is 27.1. The molecule has 4 aromatic rings. The van der Waals surface area contributed by atoms with E-state index < -0.39 is 18.4 Å². The van der Waals surface area contributed by atoms with Crippen LogP contribution in [0.1, 0.15) is 94.4 Å². The molecule has 0 saturated heterocycles. The summed E-state index contributed by atoms with van der Waals surface area (Å²) in [4.78, 5) is 69.3.